The maximum atomic E-state index is 12.3. The van der Waals surface area contributed by atoms with Gasteiger partial charge in [-0.3, -0.25) is 4.79 Å². The number of nitrogens with zero attached hydrogens (tertiary/aromatic N) is 1. The van der Waals surface area contributed by atoms with Crippen LogP contribution >= 0.6 is 52.1 Å². The summed E-state index contributed by atoms with van der Waals surface area (Å²) in [4.78, 5) is 17.9. The molecule has 0 fully saturated rings. The maximum absolute atomic E-state index is 12.3. The Kier molecular flexibility index (Phi) is 8.73. The molecule has 1 aromatic heterocycles. The van der Waals surface area contributed by atoms with E-state index < -0.39 is 5.54 Å². The van der Waals surface area contributed by atoms with E-state index >= 15 is 0 Å². The van der Waals surface area contributed by atoms with Crippen LogP contribution in [0.2, 0.25) is 0 Å². The van der Waals surface area contributed by atoms with Gasteiger partial charge in [-0.05, 0) is 38.5 Å². The second-order valence-corrected chi connectivity index (χ2v) is 7.34. The van der Waals surface area contributed by atoms with Crippen LogP contribution in [0.1, 0.15) is 28.1 Å². The number of aromatic nitrogens is 1. The molecular weight excluding hydrogens is 421 g/mol. The summed E-state index contributed by atoms with van der Waals surface area (Å²) >= 11 is 4.96. The Morgan fingerprint density at radius 1 is 1.30 bits per heavy atom. The molecule has 2 aromatic rings. The molecule has 3 N–H and O–H groups in total. The van der Waals surface area contributed by atoms with Crippen LogP contribution in [0.15, 0.2) is 28.7 Å². The molecule has 1 amide bonds. The number of hydrogen-bond acceptors (Lipinski definition) is 4. The van der Waals surface area contributed by atoms with Crippen molar-refractivity contribution in [2.75, 3.05) is 0 Å². The summed E-state index contributed by atoms with van der Waals surface area (Å²) in [6, 6.07) is 7.45. The predicted octanol–water partition coefficient (Wildman–Crippen LogP) is 3.86. The minimum Gasteiger partial charge on any atom is -0.348 e. The number of carbonyl (C=O) groups is 1. The van der Waals surface area contributed by atoms with E-state index in [1.54, 1.807) is 18.3 Å². The van der Waals surface area contributed by atoms with Crippen molar-refractivity contribution in [2.45, 2.75) is 32.9 Å². The van der Waals surface area contributed by atoms with E-state index in [4.69, 9.17) is 5.73 Å². The van der Waals surface area contributed by atoms with Crippen molar-refractivity contribution in [2.24, 2.45) is 5.73 Å². The summed E-state index contributed by atoms with van der Waals surface area (Å²) in [6.45, 7) is 6.10. The topological polar surface area (TPSA) is 68.0 Å². The summed E-state index contributed by atoms with van der Waals surface area (Å²) in [5.74, 6) is -0.213. The van der Waals surface area contributed by atoms with Gasteiger partial charge in [0.15, 0.2) is 0 Å². The zero-order chi connectivity index (χ0) is 15.6. The lowest BCUT2D eigenvalue weighted by atomic mass is 9.92. The van der Waals surface area contributed by atoms with Crippen LogP contribution in [0.3, 0.4) is 0 Å². The van der Waals surface area contributed by atoms with Gasteiger partial charge in [-0.1, -0.05) is 28.1 Å². The Labute approximate surface area is 161 Å². The number of aryl methyl sites for hydroxylation is 2. The third kappa shape index (κ3) is 5.43. The number of halogens is 3. The van der Waals surface area contributed by atoms with Gasteiger partial charge in [0.1, 0.15) is 10.5 Å². The van der Waals surface area contributed by atoms with Crippen LogP contribution in [-0.2, 0) is 16.9 Å². The van der Waals surface area contributed by atoms with E-state index in [9.17, 15) is 4.79 Å². The number of thiazole rings is 1. The van der Waals surface area contributed by atoms with E-state index in [1.165, 1.54) is 4.88 Å². The largest absolute Gasteiger partial charge is 0.348 e. The Balaban J connectivity index is 0.00000242. The number of nitrogens with two attached hydrogens (primary N) is 1. The molecule has 1 heterocycles. The van der Waals surface area contributed by atoms with Gasteiger partial charge in [0.05, 0.1) is 12.2 Å². The predicted molar refractivity (Wildman–Crippen MR) is 104 cm³/mol. The van der Waals surface area contributed by atoms with Gasteiger partial charge in [0.2, 0.25) is 5.91 Å². The number of benzene rings is 1. The third-order valence-corrected chi connectivity index (χ3v) is 4.99. The molecule has 0 saturated carbocycles. The van der Waals surface area contributed by atoms with E-state index in [0.29, 0.717) is 6.54 Å². The SMILES string of the molecule is Cc1nc(CNC(=O)C(C)(N)c2ccc(Br)cc2)sc1C.Cl.Cl. The maximum Gasteiger partial charge on any atom is 0.244 e. The monoisotopic (exact) mass is 439 g/mol. The van der Waals surface area contributed by atoms with Crippen LogP contribution in [0, 0.1) is 13.8 Å². The van der Waals surface area contributed by atoms with Gasteiger partial charge in [-0.15, -0.1) is 36.2 Å². The van der Waals surface area contributed by atoms with Crippen molar-refractivity contribution in [3.63, 3.8) is 0 Å². The van der Waals surface area contributed by atoms with Crippen LogP contribution in [0.5, 0.6) is 0 Å². The number of carbonyl (C=O) groups excluding carboxylic acids is 1. The molecule has 4 nitrogen and oxygen atoms in total. The Hall–Kier alpha value is -0.660. The highest BCUT2D eigenvalue weighted by Gasteiger charge is 2.30. The van der Waals surface area contributed by atoms with Gasteiger partial charge in [0, 0.05) is 9.35 Å². The van der Waals surface area contributed by atoms with Crippen LogP contribution in [0.25, 0.3) is 0 Å². The molecule has 1 unspecified atom stereocenters. The molecule has 0 spiro atoms. The first kappa shape index (κ1) is 22.3. The van der Waals surface area contributed by atoms with Crippen molar-refractivity contribution < 1.29 is 4.79 Å². The smallest absolute Gasteiger partial charge is 0.244 e. The van der Waals surface area contributed by atoms with Crippen molar-refractivity contribution in [3.05, 3.63) is 49.9 Å². The molecule has 0 aliphatic carbocycles. The summed E-state index contributed by atoms with van der Waals surface area (Å²) in [7, 11) is 0. The molecule has 2 rings (SSSR count). The molecule has 0 radical (unpaired) electrons. The van der Waals surface area contributed by atoms with Crippen molar-refractivity contribution >= 4 is 58.0 Å². The highest BCUT2D eigenvalue weighted by atomic mass is 79.9. The second-order valence-electron chi connectivity index (χ2n) is 5.14. The van der Waals surface area contributed by atoms with Gasteiger partial charge in [0.25, 0.3) is 0 Å². The van der Waals surface area contributed by atoms with Crippen molar-refractivity contribution in [1.29, 1.82) is 0 Å². The van der Waals surface area contributed by atoms with Crippen molar-refractivity contribution in [1.82, 2.24) is 10.3 Å². The lowest BCUT2D eigenvalue weighted by molar-refractivity contribution is -0.126. The highest BCUT2D eigenvalue weighted by Crippen LogP contribution is 2.21. The molecule has 1 atom stereocenters. The molecule has 128 valence electrons. The summed E-state index contributed by atoms with van der Waals surface area (Å²) < 4.78 is 0.955. The Morgan fingerprint density at radius 2 is 1.87 bits per heavy atom. The van der Waals surface area contributed by atoms with Crippen LogP contribution in [0.4, 0.5) is 0 Å². The molecule has 1 aromatic carbocycles. The summed E-state index contributed by atoms with van der Waals surface area (Å²) in [5.41, 5.74) is 6.90. The molecule has 8 heteroatoms. The molecule has 23 heavy (non-hydrogen) atoms. The Bertz CT molecular complexity index is 640. The average Bonchev–Trinajstić information content (AvgIpc) is 2.75. The lowest BCUT2D eigenvalue weighted by Crippen LogP contribution is -2.48. The molecule has 0 aliphatic rings. The second kappa shape index (κ2) is 8.99. The Morgan fingerprint density at radius 3 is 2.35 bits per heavy atom. The number of nitrogens with one attached hydrogen (secondary N) is 1. The van der Waals surface area contributed by atoms with E-state index in [-0.39, 0.29) is 30.7 Å². The minimum atomic E-state index is -1.07. The lowest BCUT2D eigenvalue weighted by Gasteiger charge is -2.24. The van der Waals surface area contributed by atoms with Gasteiger partial charge >= 0.3 is 0 Å². The average molecular weight is 441 g/mol. The van der Waals surface area contributed by atoms with Gasteiger partial charge < -0.3 is 11.1 Å². The number of hydrogen-bond donors (Lipinski definition) is 2. The van der Waals surface area contributed by atoms with Crippen molar-refractivity contribution in [3.8, 4) is 0 Å². The van der Waals surface area contributed by atoms with Gasteiger partial charge in [-0.25, -0.2) is 4.98 Å². The fourth-order valence-electron chi connectivity index (χ4n) is 1.88. The minimum absolute atomic E-state index is 0. The van der Waals surface area contributed by atoms with E-state index in [0.717, 1.165) is 20.7 Å². The fraction of sp³-hybridized carbons (Fsp3) is 0.333. The highest BCUT2D eigenvalue weighted by molar-refractivity contribution is 9.10. The summed E-state index contributed by atoms with van der Waals surface area (Å²) in [6.07, 6.45) is 0. The molecule has 0 saturated heterocycles. The molecule has 0 bridgehead atoms. The normalized spacial score (nSPS) is 12.6. The third-order valence-electron chi connectivity index (χ3n) is 3.39. The first-order valence-electron chi connectivity index (χ1n) is 6.57. The number of rotatable bonds is 4. The fourth-order valence-corrected chi connectivity index (χ4v) is 3.02. The standard InChI is InChI=1S/C15H18BrN3OS.2ClH/c1-9-10(2)21-13(19-9)8-18-14(20)15(3,17)11-4-6-12(16)7-5-11;;/h4-7H,8,17H2,1-3H3,(H,18,20);2*1H. The summed E-state index contributed by atoms with van der Waals surface area (Å²) in [5, 5.41) is 3.76. The number of amides is 1. The van der Waals surface area contributed by atoms with Crippen LogP contribution in [-0.4, -0.2) is 10.9 Å². The first-order valence-corrected chi connectivity index (χ1v) is 8.18. The molecule has 0 aliphatic heterocycles. The quantitative estimate of drug-likeness (QED) is 0.758. The van der Waals surface area contributed by atoms with E-state index in [1.807, 2.05) is 38.1 Å². The zero-order valence-electron chi connectivity index (χ0n) is 13.1. The van der Waals surface area contributed by atoms with Crippen LogP contribution < -0.4 is 11.1 Å². The van der Waals surface area contributed by atoms with Gasteiger partial charge in [-0.2, -0.15) is 0 Å². The van der Waals surface area contributed by atoms with E-state index in [2.05, 4.69) is 26.2 Å². The zero-order valence-corrected chi connectivity index (χ0v) is 17.1. The molecular formula is C15H20BrCl2N3OS. The first-order chi connectivity index (χ1) is 9.80.